The molecule has 0 atom stereocenters. The second-order valence-electron chi connectivity index (χ2n) is 4.86. The molecule has 3 N–H and O–H groups in total. The minimum Gasteiger partial charge on any atom is -0.478 e. The molecule has 19 heavy (non-hydrogen) atoms. The van der Waals surface area contributed by atoms with Crippen molar-refractivity contribution in [1.29, 1.82) is 0 Å². The van der Waals surface area contributed by atoms with Gasteiger partial charge in [-0.15, -0.1) is 0 Å². The van der Waals surface area contributed by atoms with E-state index in [0.29, 0.717) is 18.8 Å². The van der Waals surface area contributed by atoms with E-state index in [4.69, 9.17) is 5.11 Å². The van der Waals surface area contributed by atoms with Gasteiger partial charge in [-0.1, -0.05) is 0 Å². The number of carboxylic acids is 1. The molecule has 1 aliphatic rings. The lowest BCUT2D eigenvalue weighted by molar-refractivity contribution is 0.0697. The Morgan fingerprint density at radius 2 is 2.11 bits per heavy atom. The molecular weight excluding hydrogens is 244 g/mol. The van der Waals surface area contributed by atoms with Crippen molar-refractivity contribution >= 4 is 11.8 Å². The van der Waals surface area contributed by atoms with Crippen molar-refractivity contribution < 1.29 is 15.0 Å². The lowest BCUT2D eigenvalue weighted by atomic mass is 9.94. The lowest BCUT2D eigenvalue weighted by Crippen LogP contribution is -2.15. The van der Waals surface area contributed by atoms with Gasteiger partial charge in [-0.2, -0.15) is 0 Å². The van der Waals surface area contributed by atoms with E-state index >= 15 is 0 Å². The zero-order valence-corrected chi connectivity index (χ0v) is 11.0. The van der Waals surface area contributed by atoms with Crippen molar-refractivity contribution in [2.24, 2.45) is 0 Å². The molecule has 0 aliphatic heterocycles. The fourth-order valence-corrected chi connectivity index (χ4v) is 2.38. The van der Waals surface area contributed by atoms with Crippen molar-refractivity contribution in [3.8, 4) is 0 Å². The predicted octanol–water partition coefficient (Wildman–Crippen LogP) is 1.84. The van der Waals surface area contributed by atoms with Crippen LogP contribution in [-0.4, -0.2) is 34.3 Å². The van der Waals surface area contributed by atoms with Crippen molar-refractivity contribution in [1.82, 2.24) is 4.98 Å². The van der Waals surface area contributed by atoms with E-state index in [-0.39, 0.29) is 12.2 Å². The molecule has 0 saturated heterocycles. The van der Waals surface area contributed by atoms with Gasteiger partial charge >= 0.3 is 5.97 Å². The topological polar surface area (TPSA) is 82.5 Å². The first-order valence-corrected chi connectivity index (χ1v) is 6.83. The molecule has 0 fully saturated rings. The van der Waals surface area contributed by atoms with E-state index in [1.54, 1.807) is 6.07 Å². The number of hydrogen-bond donors (Lipinski definition) is 3. The molecule has 5 heteroatoms. The summed E-state index contributed by atoms with van der Waals surface area (Å²) >= 11 is 0. The SMILES string of the molecule is O=C(O)c1cc2c(nc1NCCCCO)CCCC2. The Morgan fingerprint density at radius 3 is 2.84 bits per heavy atom. The normalized spacial score (nSPS) is 13.9. The Balaban J connectivity index is 2.17. The fourth-order valence-electron chi connectivity index (χ4n) is 2.38. The summed E-state index contributed by atoms with van der Waals surface area (Å²) in [5, 5.41) is 21.1. The molecule has 104 valence electrons. The molecule has 1 aromatic heterocycles. The van der Waals surface area contributed by atoms with Crippen LogP contribution in [0.15, 0.2) is 6.07 Å². The maximum absolute atomic E-state index is 11.3. The minimum atomic E-state index is -0.939. The van der Waals surface area contributed by atoms with Crippen LogP contribution in [0, 0.1) is 0 Å². The molecule has 1 aromatic rings. The zero-order valence-electron chi connectivity index (χ0n) is 11.0. The molecule has 0 saturated carbocycles. The highest BCUT2D eigenvalue weighted by molar-refractivity contribution is 5.93. The molecule has 0 bridgehead atoms. The van der Waals surface area contributed by atoms with Gasteiger partial charge in [0.25, 0.3) is 0 Å². The molecular formula is C14H20N2O3. The summed E-state index contributed by atoms with van der Waals surface area (Å²) in [6.07, 6.45) is 5.59. The lowest BCUT2D eigenvalue weighted by Gasteiger charge is -2.18. The van der Waals surface area contributed by atoms with Crippen LogP contribution in [0.5, 0.6) is 0 Å². The number of carboxylic acid groups (broad SMARTS) is 1. The molecule has 1 heterocycles. The summed E-state index contributed by atoms with van der Waals surface area (Å²) in [6.45, 7) is 0.789. The van der Waals surface area contributed by atoms with Gasteiger partial charge in [0, 0.05) is 18.8 Å². The van der Waals surface area contributed by atoms with E-state index in [1.165, 1.54) is 0 Å². The number of unbranched alkanes of at least 4 members (excludes halogenated alkanes) is 1. The third kappa shape index (κ3) is 3.44. The smallest absolute Gasteiger partial charge is 0.339 e. The quantitative estimate of drug-likeness (QED) is 0.683. The Kier molecular flexibility index (Phi) is 4.74. The number of aromatic carboxylic acids is 1. The van der Waals surface area contributed by atoms with Gasteiger partial charge in [0.1, 0.15) is 11.4 Å². The van der Waals surface area contributed by atoms with Gasteiger partial charge in [-0.25, -0.2) is 9.78 Å². The summed E-state index contributed by atoms with van der Waals surface area (Å²) in [7, 11) is 0. The van der Waals surface area contributed by atoms with E-state index in [2.05, 4.69) is 10.3 Å². The first-order chi connectivity index (χ1) is 9.22. The monoisotopic (exact) mass is 264 g/mol. The van der Waals surface area contributed by atoms with Crippen LogP contribution in [-0.2, 0) is 12.8 Å². The Morgan fingerprint density at radius 1 is 1.32 bits per heavy atom. The van der Waals surface area contributed by atoms with Gasteiger partial charge < -0.3 is 15.5 Å². The number of rotatable bonds is 6. The van der Waals surface area contributed by atoms with Crippen LogP contribution in [0.2, 0.25) is 0 Å². The predicted molar refractivity (Wildman–Crippen MR) is 72.6 cm³/mol. The third-order valence-electron chi connectivity index (χ3n) is 3.41. The van der Waals surface area contributed by atoms with Crippen LogP contribution in [0.4, 0.5) is 5.82 Å². The van der Waals surface area contributed by atoms with Gasteiger partial charge in [0.2, 0.25) is 0 Å². The summed E-state index contributed by atoms with van der Waals surface area (Å²) in [4.78, 5) is 15.8. The third-order valence-corrected chi connectivity index (χ3v) is 3.41. The number of pyridine rings is 1. The van der Waals surface area contributed by atoms with Crippen molar-refractivity contribution in [2.75, 3.05) is 18.5 Å². The molecule has 0 amide bonds. The van der Waals surface area contributed by atoms with Crippen LogP contribution in [0.3, 0.4) is 0 Å². The maximum Gasteiger partial charge on any atom is 0.339 e. The van der Waals surface area contributed by atoms with Crippen LogP contribution >= 0.6 is 0 Å². The second-order valence-corrected chi connectivity index (χ2v) is 4.86. The molecule has 5 nitrogen and oxygen atoms in total. The number of anilines is 1. The summed E-state index contributed by atoms with van der Waals surface area (Å²) < 4.78 is 0. The van der Waals surface area contributed by atoms with Crippen molar-refractivity contribution in [3.63, 3.8) is 0 Å². The maximum atomic E-state index is 11.3. The zero-order chi connectivity index (χ0) is 13.7. The van der Waals surface area contributed by atoms with Crippen LogP contribution in [0.1, 0.15) is 47.3 Å². The summed E-state index contributed by atoms with van der Waals surface area (Å²) in [5.74, 6) is -0.475. The van der Waals surface area contributed by atoms with E-state index in [0.717, 1.165) is 43.4 Å². The number of aliphatic hydroxyl groups is 1. The standard InChI is InChI=1S/C14H20N2O3/c17-8-4-3-7-15-13-11(14(18)19)9-10-5-1-2-6-12(10)16-13/h9,17H,1-8H2,(H,15,16)(H,18,19). The highest BCUT2D eigenvalue weighted by Crippen LogP contribution is 2.24. The average Bonchev–Trinajstić information content (AvgIpc) is 2.42. The molecule has 1 aliphatic carbocycles. The molecule has 2 rings (SSSR count). The van der Waals surface area contributed by atoms with Gasteiger partial charge in [0.05, 0.1) is 0 Å². The summed E-state index contributed by atoms with van der Waals surface area (Å²) in [6, 6.07) is 1.76. The Labute approximate surface area is 112 Å². The highest BCUT2D eigenvalue weighted by Gasteiger charge is 2.18. The number of carbonyl (C=O) groups is 1. The molecule has 0 spiro atoms. The molecule has 0 aromatic carbocycles. The number of aromatic nitrogens is 1. The van der Waals surface area contributed by atoms with Crippen LogP contribution in [0.25, 0.3) is 0 Å². The van der Waals surface area contributed by atoms with E-state index in [9.17, 15) is 9.90 Å². The number of hydrogen-bond acceptors (Lipinski definition) is 4. The minimum absolute atomic E-state index is 0.158. The van der Waals surface area contributed by atoms with Crippen LogP contribution < -0.4 is 5.32 Å². The van der Waals surface area contributed by atoms with Crippen molar-refractivity contribution in [2.45, 2.75) is 38.5 Å². The van der Waals surface area contributed by atoms with Crippen molar-refractivity contribution in [3.05, 3.63) is 22.9 Å². The van der Waals surface area contributed by atoms with Gasteiger partial charge in [0.15, 0.2) is 0 Å². The van der Waals surface area contributed by atoms with Gasteiger partial charge in [-0.05, 0) is 50.2 Å². The highest BCUT2D eigenvalue weighted by atomic mass is 16.4. The summed E-state index contributed by atoms with van der Waals surface area (Å²) in [5.41, 5.74) is 2.36. The average molecular weight is 264 g/mol. The molecule has 0 unspecified atom stereocenters. The fraction of sp³-hybridized carbons (Fsp3) is 0.571. The first-order valence-electron chi connectivity index (χ1n) is 6.83. The Hall–Kier alpha value is -1.62. The number of fused-ring (bicyclic) bond motifs is 1. The number of nitrogens with one attached hydrogen (secondary N) is 1. The number of aliphatic hydroxyl groups excluding tert-OH is 1. The molecule has 0 radical (unpaired) electrons. The van der Waals surface area contributed by atoms with E-state index in [1.807, 2.05) is 0 Å². The number of aryl methyl sites for hydroxylation is 2. The largest absolute Gasteiger partial charge is 0.478 e. The van der Waals surface area contributed by atoms with Gasteiger partial charge in [-0.3, -0.25) is 0 Å². The van der Waals surface area contributed by atoms with E-state index < -0.39 is 5.97 Å². The second kappa shape index (κ2) is 6.52. The first kappa shape index (κ1) is 13.8. The Bertz CT molecular complexity index is 460. The number of nitrogens with zero attached hydrogens (tertiary/aromatic N) is 1.